The maximum Gasteiger partial charge on any atom is 0.0417 e. The number of fused-ring (bicyclic) bond motifs is 1. The summed E-state index contributed by atoms with van der Waals surface area (Å²) >= 11 is 2.04. The Hall–Kier alpha value is -0.470. The summed E-state index contributed by atoms with van der Waals surface area (Å²) in [6.07, 6.45) is 1.25. The van der Waals surface area contributed by atoms with Crippen LogP contribution in [0.3, 0.4) is 0 Å². The average molecular weight is 249 g/mol. The highest BCUT2D eigenvalue weighted by Crippen LogP contribution is 2.31. The molecule has 1 nitrogen and oxygen atoms in total. The fourth-order valence-corrected chi connectivity index (χ4v) is 3.75. The molecule has 2 heteroatoms. The molecule has 2 rings (SSSR count). The standard InChI is InChI=1S/C15H23NS/c1-11(2)8-12(3)16-15-10-17-9-13-6-4-5-7-14(13)15/h4-7,11-12,15-16H,8-10H2,1-3H3. The Bertz CT molecular complexity index is 362. The third-order valence-electron chi connectivity index (χ3n) is 3.28. The lowest BCUT2D eigenvalue weighted by Gasteiger charge is -2.29. The molecule has 17 heavy (non-hydrogen) atoms. The van der Waals surface area contributed by atoms with Gasteiger partial charge in [0, 0.05) is 23.6 Å². The van der Waals surface area contributed by atoms with E-state index in [1.807, 2.05) is 11.8 Å². The van der Waals surface area contributed by atoms with Crippen molar-refractivity contribution < 1.29 is 0 Å². The minimum atomic E-state index is 0.540. The van der Waals surface area contributed by atoms with Crippen molar-refractivity contribution in [1.29, 1.82) is 0 Å². The number of thioether (sulfide) groups is 1. The fraction of sp³-hybridized carbons (Fsp3) is 0.600. The van der Waals surface area contributed by atoms with Gasteiger partial charge in [-0.3, -0.25) is 0 Å². The van der Waals surface area contributed by atoms with Crippen LogP contribution in [0.5, 0.6) is 0 Å². The van der Waals surface area contributed by atoms with Crippen molar-refractivity contribution in [3.8, 4) is 0 Å². The molecule has 2 unspecified atom stereocenters. The van der Waals surface area contributed by atoms with Gasteiger partial charge < -0.3 is 5.32 Å². The number of hydrogen-bond acceptors (Lipinski definition) is 2. The maximum absolute atomic E-state index is 3.79. The van der Waals surface area contributed by atoms with Gasteiger partial charge in [-0.25, -0.2) is 0 Å². The SMILES string of the molecule is CC(C)CC(C)NC1CSCc2ccccc21. The summed E-state index contributed by atoms with van der Waals surface area (Å²) in [4.78, 5) is 0. The second-order valence-electron chi connectivity index (χ2n) is 5.46. The van der Waals surface area contributed by atoms with Crippen LogP contribution < -0.4 is 5.32 Å². The van der Waals surface area contributed by atoms with Gasteiger partial charge in [0.25, 0.3) is 0 Å². The fourth-order valence-electron chi connectivity index (χ4n) is 2.64. The number of nitrogens with one attached hydrogen (secondary N) is 1. The van der Waals surface area contributed by atoms with Gasteiger partial charge in [0.1, 0.15) is 0 Å². The summed E-state index contributed by atoms with van der Waals surface area (Å²) in [5.74, 6) is 3.15. The normalized spacial score (nSPS) is 21.3. The Morgan fingerprint density at radius 1 is 1.29 bits per heavy atom. The largest absolute Gasteiger partial charge is 0.307 e. The zero-order chi connectivity index (χ0) is 12.3. The Balaban J connectivity index is 2.03. The molecule has 2 atom stereocenters. The summed E-state index contributed by atoms with van der Waals surface area (Å²) in [6, 6.07) is 10.0. The van der Waals surface area contributed by atoms with Crippen molar-refractivity contribution in [2.24, 2.45) is 5.92 Å². The van der Waals surface area contributed by atoms with Gasteiger partial charge >= 0.3 is 0 Å². The van der Waals surface area contributed by atoms with E-state index in [2.05, 4.69) is 50.4 Å². The summed E-state index contributed by atoms with van der Waals surface area (Å²) in [5, 5.41) is 3.79. The molecule has 1 aliphatic rings. The number of rotatable bonds is 4. The highest BCUT2D eigenvalue weighted by atomic mass is 32.2. The van der Waals surface area contributed by atoms with Crippen LogP contribution in [-0.2, 0) is 5.75 Å². The molecule has 0 bridgehead atoms. The van der Waals surface area contributed by atoms with Gasteiger partial charge in [-0.15, -0.1) is 0 Å². The molecule has 0 amide bonds. The molecule has 1 aromatic carbocycles. The van der Waals surface area contributed by atoms with Crippen LogP contribution in [0.2, 0.25) is 0 Å². The van der Waals surface area contributed by atoms with Crippen LogP contribution in [-0.4, -0.2) is 11.8 Å². The Morgan fingerprint density at radius 3 is 2.82 bits per heavy atom. The van der Waals surface area contributed by atoms with Gasteiger partial charge in [-0.1, -0.05) is 38.1 Å². The van der Waals surface area contributed by atoms with Crippen LogP contribution in [0.15, 0.2) is 24.3 Å². The first-order valence-electron chi connectivity index (χ1n) is 6.58. The monoisotopic (exact) mass is 249 g/mol. The molecular formula is C15H23NS. The van der Waals surface area contributed by atoms with E-state index in [1.54, 1.807) is 0 Å². The van der Waals surface area contributed by atoms with Gasteiger partial charge in [0.2, 0.25) is 0 Å². The summed E-state index contributed by atoms with van der Waals surface area (Å²) in [6.45, 7) is 6.89. The van der Waals surface area contributed by atoms with Crippen LogP contribution >= 0.6 is 11.8 Å². The zero-order valence-corrected chi connectivity index (χ0v) is 11.9. The van der Waals surface area contributed by atoms with E-state index in [4.69, 9.17) is 0 Å². The van der Waals surface area contributed by atoms with Crippen molar-refractivity contribution in [2.75, 3.05) is 5.75 Å². The van der Waals surface area contributed by atoms with E-state index < -0.39 is 0 Å². The minimum absolute atomic E-state index is 0.540. The first-order chi connectivity index (χ1) is 8.16. The van der Waals surface area contributed by atoms with Gasteiger partial charge in [0.05, 0.1) is 0 Å². The van der Waals surface area contributed by atoms with Crippen LogP contribution in [0.25, 0.3) is 0 Å². The third kappa shape index (κ3) is 3.49. The minimum Gasteiger partial charge on any atom is -0.307 e. The van der Waals surface area contributed by atoms with Gasteiger partial charge in [-0.2, -0.15) is 11.8 Å². The van der Waals surface area contributed by atoms with Crippen molar-refractivity contribution >= 4 is 11.8 Å². The predicted octanol–water partition coefficient (Wildman–Crippen LogP) is 4.00. The smallest absolute Gasteiger partial charge is 0.0417 e. The van der Waals surface area contributed by atoms with Crippen molar-refractivity contribution in [2.45, 2.75) is 45.0 Å². The molecule has 1 aliphatic heterocycles. The highest BCUT2D eigenvalue weighted by Gasteiger charge is 2.21. The second kappa shape index (κ2) is 5.92. The number of hydrogen-bond donors (Lipinski definition) is 1. The first kappa shape index (κ1) is 13.0. The molecule has 0 aliphatic carbocycles. The van der Waals surface area contributed by atoms with E-state index in [9.17, 15) is 0 Å². The third-order valence-corrected chi connectivity index (χ3v) is 4.37. The molecule has 0 spiro atoms. The van der Waals surface area contributed by atoms with Crippen molar-refractivity contribution in [3.05, 3.63) is 35.4 Å². The predicted molar refractivity (Wildman–Crippen MR) is 77.4 cm³/mol. The molecule has 1 N–H and O–H groups in total. The summed E-state index contributed by atoms with van der Waals surface area (Å²) < 4.78 is 0. The van der Waals surface area contributed by atoms with Crippen LogP contribution in [0, 0.1) is 5.92 Å². The number of benzene rings is 1. The van der Waals surface area contributed by atoms with Crippen LogP contribution in [0.1, 0.15) is 44.4 Å². The molecular weight excluding hydrogens is 226 g/mol. The molecule has 0 saturated heterocycles. The Labute approximate surface area is 109 Å². The molecule has 1 heterocycles. The van der Waals surface area contributed by atoms with Crippen molar-refractivity contribution in [3.63, 3.8) is 0 Å². The lowest BCUT2D eigenvalue weighted by Crippen LogP contribution is -2.34. The highest BCUT2D eigenvalue weighted by molar-refractivity contribution is 7.98. The second-order valence-corrected chi connectivity index (χ2v) is 6.49. The van der Waals surface area contributed by atoms with E-state index in [-0.39, 0.29) is 0 Å². The first-order valence-corrected chi connectivity index (χ1v) is 7.74. The molecule has 94 valence electrons. The molecule has 1 aromatic rings. The van der Waals surface area contributed by atoms with Gasteiger partial charge in [-0.05, 0) is 30.4 Å². The van der Waals surface area contributed by atoms with E-state index in [1.165, 1.54) is 29.1 Å². The summed E-state index contributed by atoms with van der Waals surface area (Å²) in [7, 11) is 0. The Kier molecular flexibility index (Phi) is 4.52. The molecule has 0 aromatic heterocycles. The maximum atomic E-state index is 3.79. The molecule has 0 fully saturated rings. The van der Waals surface area contributed by atoms with E-state index in [0.717, 1.165) is 5.92 Å². The molecule has 0 radical (unpaired) electrons. The van der Waals surface area contributed by atoms with Crippen molar-refractivity contribution in [1.82, 2.24) is 5.32 Å². The lowest BCUT2D eigenvalue weighted by atomic mass is 9.99. The van der Waals surface area contributed by atoms with E-state index >= 15 is 0 Å². The topological polar surface area (TPSA) is 12.0 Å². The van der Waals surface area contributed by atoms with E-state index in [0.29, 0.717) is 12.1 Å². The lowest BCUT2D eigenvalue weighted by molar-refractivity contribution is 0.407. The Morgan fingerprint density at radius 2 is 2.06 bits per heavy atom. The average Bonchev–Trinajstić information content (AvgIpc) is 2.28. The van der Waals surface area contributed by atoms with Crippen LogP contribution in [0.4, 0.5) is 0 Å². The zero-order valence-electron chi connectivity index (χ0n) is 11.1. The molecule has 0 saturated carbocycles. The summed E-state index contributed by atoms with van der Waals surface area (Å²) in [5.41, 5.74) is 3.03. The van der Waals surface area contributed by atoms with Gasteiger partial charge in [0.15, 0.2) is 0 Å². The quantitative estimate of drug-likeness (QED) is 0.865.